The van der Waals surface area contributed by atoms with Gasteiger partial charge in [0.15, 0.2) is 10.9 Å². The summed E-state index contributed by atoms with van der Waals surface area (Å²) in [4.78, 5) is 28.1. The normalized spacial score (nSPS) is 13.5. The highest BCUT2D eigenvalue weighted by Gasteiger charge is 2.21. The number of hydrogen-bond acceptors (Lipinski definition) is 5. The summed E-state index contributed by atoms with van der Waals surface area (Å²) in [7, 11) is 0. The van der Waals surface area contributed by atoms with Crippen molar-refractivity contribution in [3.05, 3.63) is 69.4 Å². The molecule has 4 rings (SSSR count). The summed E-state index contributed by atoms with van der Waals surface area (Å²) in [6.45, 7) is 4.28. The minimum Gasteiger partial charge on any atom is -0.451 e. The van der Waals surface area contributed by atoms with Crippen LogP contribution >= 0.6 is 47.0 Å². The summed E-state index contributed by atoms with van der Waals surface area (Å²) < 4.78 is 5.65. The summed E-state index contributed by atoms with van der Waals surface area (Å²) in [5.74, 6) is 0.0363. The van der Waals surface area contributed by atoms with Crippen molar-refractivity contribution in [1.82, 2.24) is 10.2 Å². The van der Waals surface area contributed by atoms with E-state index in [1.807, 2.05) is 17.0 Å². The van der Waals surface area contributed by atoms with E-state index in [1.54, 1.807) is 37.3 Å². The van der Waals surface area contributed by atoms with E-state index < -0.39 is 5.91 Å². The summed E-state index contributed by atoms with van der Waals surface area (Å²) in [6, 6.07) is 13.6. The molecular formula is C24H21Cl3N4O3S. The Morgan fingerprint density at radius 1 is 0.943 bits per heavy atom. The second-order valence-corrected chi connectivity index (χ2v) is 9.51. The number of amides is 2. The van der Waals surface area contributed by atoms with Gasteiger partial charge in [-0.15, -0.1) is 0 Å². The van der Waals surface area contributed by atoms with E-state index in [4.69, 9.17) is 51.4 Å². The van der Waals surface area contributed by atoms with Crippen LogP contribution in [0.1, 0.15) is 17.5 Å². The minimum atomic E-state index is -0.516. The van der Waals surface area contributed by atoms with Crippen molar-refractivity contribution in [1.29, 1.82) is 0 Å². The Balaban J connectivity index is 1.36. The number of hydrogen-bond donors (Lipinski definition) is 2. The molecule has 35 heavy (non-hydrogen) atoms. The fourth-order valence-electron chi connectivity index (χ4n) is 3.72. The molecule has 1 aliphatic rings. The smallest absolute Gasteiger partial charge is 0.293 e. The standard InChI is InChI=1S/C24H21Cl3N4O3S/c1-14(32)30-8-10-31(11-9-30)20-5-3-16(13-19(20)27)28-24(35)29-23(33)22-7-6-21(34-22)17-12-15(25)2-4-18(17)26/h2-7,12-13H,8-11H2,1H3,(H2,28,29,33,35). The summed E-state index contributed by atoms with van der Waals surface area (Å²) in [5.41, 5.74) is 2.08. The van der Waals surface area contributed by atoms with Crippen LogP contribution in [0.25, 0.3) is 11.3 Å². The van der Waals surface area contributed by atoms with Crippen LogP contribution in [0.5, 0.6) is 0 Å². The van der Waals surface area contributed by atoms with Gasteiger partial charge in [0, 0.05) is 49.4 Å². The van der Waals surface area contributed by atoms with Crippen molar-refractivity contribution in [2.75, 3.05) is 36.4 Å². The number of halogens is 3. The lowest BCUT2D eigenvalue weighted by atomic mass is 10.2. The minimum absolute atomic E-state index is 0.0678. The molecule has 3 aromatic rings. The van der Waals surface area contributed by atoms with Gasteiger partial charge in [-0.25, -0.2) is 0 Å². The maximum absolute atomic E-state index is 12.6. The molecule has 1 aromatic heterocycles. The number of anilines is 2. The molecule has 7 nitrogen and oxygen atoms in total. The van der Waals surface area contributed by atoms with E-state index in [0.717, 1.165) is 5.69 Å². The molecule has 2 N–H and O–H groups in total. The maximum Gasteiger partial charge on any atom is 0.293 e. The van der Waals surface area contributed by atoms with Gasteiger partial charge in [-0.1, -0.05) is 34.8 Å². The lowest BCUT2D eigenvalue weighted by Gasteiger charge is -2.36. The number of benzene rings is 2. The monoisotopic (exact) mass is 550 g/mol. The molecule has 2 aromatic carbocycles. The predicted molar refractivity (Wildman–Crippen MR) is 144 cm³/mol. The number of nitrogens with zero attached hydrogens (tertiary/aromatic N) is 2. The Morgan fingerprint density at radius 2 is 1.69 bits per heavy atom. The second-order valence-electron chi connectivity index (χ2n) is 7.86. The molecule has 0 atom stereocenters. The number of carbonyl (C=O) groups is 2. The largest absolute Gasteiger partial charge is 0.451 e. The molecular weight excluding hydrogens is 531 g/mol. The van der Waals surface area contributed by atoms with Gasteiger partial charge in [-0.2, -0.15) is 0 Å². The van der Waals surface area contributed by atoms with Crippen molar-refractivity contribution in [2.24, 2.45) is 0 Å². The molecule has 0 bridgehead atoms. The molecule has 0 saturated carbocycles. The van der Waals surface area contributed by atoms with Crippen molar-refractivity contribution in [3.63, 3.8) is 0 Å². The van der Waals surface area contributed by atoms with E-state index in [2.05, 4.69) is 15.5 Å². The third kappa shape index (κ3) is 6.08. The van der Waals surface area contributed by atoms with Gasteiger partial charge in [0.25, 0.3) is 5.91 Å². The van der Waals surface area contributed by atoms with Crippen LogP contribution in [0.2, 0.25) is 15.1 Å². The topological polar surface area (TPSA) is 77.8 Å². The number of nitrogens with one attached hydrogen (secondary N) is 2. The molecule has 0 spiro atoms. The highest BCUT2D eigenvalue weighted by atomic mass is 35.5. The zero-order valence-electron chi connectivity index (χ0n) is 18.6. The Kier molecular flexibility index (Phi) is 7.86. The summed E-state index contributed by atoms with van der Waals surface area (Å²) in [5, 5.41) is 7.12. The third-order valence-corrected chi connectivity index (χ3v) is 6.59. The average Bonchev–Trinajstić information content (AvgIpc) is 3.31. The quantitative estimate of drug-likeness (QED) is 0.405. The van der Waals surface area contributed by atoms with E-state index in [1.165, 1.54) is 6.07 Å². The zero-order valence-corrected chi connectivity index (χ0v) is 21.7. The van der Waals surface area contributed by atoms with Gasteiger partial charge < -0.3 is 19.5 Å². The molecule has 2 heterocycles. The molecule has 0 unspecified atom stereocenters. The lowest BCUT2D eigenvalue weighted by molar-refractivity contribution is -0.129. The van der Waals surface area contributed by atoms with Gasteiger partial charge >= 0.3 is 0 Å². The maximum atomic E-state index is 12.6. The van der Waals surface area contributed by atoms with Crippen molar-refractivity contribution < 1.29 is 14.0 Å². The van der Waals surface area contributed by atoms with Gasteiger partial charge in [-0.05, 0) is 60.7 Å². The van der Waals surface area contributed by atoms with Crippen LogP contribution in [0.3, 0.4) is 0 Å². The van der Waals surface area contributed by atoms with Gasteiger partial charge in [-0.3, -0.25) is 14.9 Å². The molecule has 0 radical (unpaired) electrons. The van der Waals surface area contributed by atoms with Crippen LogP contribution < -0.4 is 15.5 Å². The average molecular weight is 552 g/mol. The van der Waals surface area contributed by atoms with Crippen molar-refractivity contribution in [2.45, 2.75) is 6.92 Å². The molecule has 11 heteroatoms. The molecule has 2 amide bonds. The first-order valence-corrected chi connectivity index (χ1v) is 12.2. The van der Waals surface area contributed by atoms with Crippen LogP contribution in [-0.2, 0) is 4.79 Å². The number of thiocarbonyl (C=S) groups is 1. The molecule has 182 valence electrons. The first kappa shape index (κ1) is 25.3. The van der Waals surface area contributed by atoms with Gasteiger partial charge in [0.1, 0.15) is 5.76 Å². The van der Waals surface area contributed by atoms with Crippen LogP contribution in [0, 0.1) is 0 Å². The Hall–Kier alpha value is -2.78. The Morgan fingerprint density at radius 3 is 2.37 bits per heavy atom. The SMILES string of the molecule is CC(=O)N1CCN(c2ccc(NC(=S)NC(=O)c3ccc(-c4cc(Cl)ccc4Cl)o3)cc2Cl)CC1. The number of piperazine rings is 1. The summed E-state index contributed by atoms with van der Waals surface area (Å²) in [6.07, 6.45) is 0. The zero-order chi connectivity index (χ0) is 25.1. The first-order chi connectivity index (χ1) is 16.7. The van der Waals surface area contributed by atoms with Gasteiger partial charge in [0.05, 0.1) is 15.7 Å². The molecule has 1 aliphatic heterocycles. The van der Waals surface area contributed by atoms with Gasteiger partial charge in [0.2, 0.25) is 5.91 Å². The number of rotatable bonds is 4. The van der Waals surface area contributed by atoms with E-state index in [9.17, 15) is 9.59 Å². The second kappa shape index (κ2) is 10.9. The van der Waals surface area contributed by atoms with Crippen LogP contribution in [0.4, 0.5) is 11.4 Å². The van der Waals surface area contributed by atoms with E-state index >= 15 is 0 Å². The van der Waals surface area contributed by atoms with Crippen molar-refractivity contribution >= 4 is 75.3 Å². The van der Waals surface area contributed by atoms with Crippen molar-refractivity contribution in [3.8, 4) is 11.3 Å². The molecule has 0 aliphatic carbocycles. The van der Waals surface area contributed by atoms with Crippen LogP contribution in [-0.4, -0.2) is 48.0 Å². The van der Waals surface area contributed by atoms with E-state index in [0.29, 0.717) is 58.3 Å². The highest BCUT2D eigenvalue weighted by Crippen LogP contribution is 2.32. The number of furan rings is 1. The van der Waals surface area contributed by atoms with Crippen LogP contribution in [0.15, 0.2) is 52.9 Å². The van der Waals surface area contributed by atoms with E-state index in [-0.39, 0.29) is 16.8 Å². The summed E-state index contributed by atoms with van der Waals surface area (Å²) >= 11 is 24.0. The molecule has 1 saturated heterocycles. The highest BCUT2D eigenvalue weighted by molar-refractivity contribution is 7.80. The fraction of sp³-hybridized carbons (Fsp3) is 0.208. The fourth-order valence-corrected chi connectivity index (χ4v) is 4.61. The molecule has 1 fully saturated rings. The first-order valence-electron chi connectivity index (χ1n) is 10.7. The Labute approximate surface area is 222 Å². The lowest BCUT2D eigenvalue weighted by Crippen LogP contribution is -2.48. The third-order valence-electron chi connectivity index (χ3n) is 5.52. The predicted octanol–water partition coefficient (Wildman–Crippen LogP) is 5.70. The Bertz CT molecular complexity index is 1290. The number of carbonyl (C=O) groups excluding carboxylic acids is 2.